The standard InChI is InChI=1S/C13H9BF3N5/c1-21-7-11(19-20-21)8-2-4-9(5-3-8)22-12(13(15,16)17)10(14)6-18-22/h2-7H,1H3. The van der Waals surface area contributed by atoms with E-state index >= 15 is 0 Å². The number of aromatic nitrogens is 5. The van der Waals surface area contributed by atoms with Gasteiger partial charge >= 0.3 is 6.18 Å². The lowest BCUT2D eigenvalue weighted by atomic mass is 9.96. The lowest BCUT2D eigenvalue weighted by Crippen LogP contribution is -2.22. The number of hydrogen-bond acceptors (Lipinski definition) is 3. The van der Waals surface area contributed by atoms with E-state index in [1.807, 2.05) is 0 Å². The van der Waals surface area contributed by atoms with E-state index in [2.05, 4.69) is 15.4 Å². The summed E-state index contributed by atoms with van der Waals surface area (Å²) < 4.78 is 41.4. The van der Waals surface area contributed by atoms with Crippen LogP contribution in [-0.4, -0.2) is 32.6 Å². The van der Waals surface area contributed by atoms with E-state index in [0.29, 0.717) is 5.69 Å². The fourth-order valence-electron chi connectivity index (χ4n) is 2.09. The maximum atomic E-state index is 13.0. The van der Waals surface area contributed by atoms with E-state index < -0.39 is 17.3 Å². The molecule has 0 aliphatic rings. The van der Waals surface area contributed by atoms with Gasteiger partial charge in [0.15, 0.2) is 0 Å². The van der Waals surface area contributed by atoms with Crippen molar-refractivity contribution in [2.75, 3.05) is 0 Å². The number of benzene rings is 1. The molecule has 2 aromatic heterocycles. The predicted molar refractivity (Wildman–Crippen MR) is 74.0 cm³/mol. The Morgan fingerprint density at radius 1 is 1.14 bits per heavy atom. The largest absolute Gasteiger partial charge is 0.432 e. The van der Waals surface area contributed by atoms with Crippen molar-refractivity contribution >= 4 is 13.3 Å². The van der Waals surface area contributed by atoms with Gasteiger partial charge in [-0.3, -0.25) is 4.68 Å². The van der Waals surface area contributed by atoms with Crippen LogP contribution in [0.1, 0.15) is 5.69 Å². The molecule has 0 amide bonds. The number of halogens is 3. The normalized spacial score (nSPS) is 11.8. The summed E-state index contributed by atoms with van der Waals surface area (Å²) in [6.07, 6.45) is -1.88. The molecule has 5 nitrogen and oxygen atoms in total. The minimum absolute atomic E-state index is 0.261. The Bertz CT molecular complexity index is 804. The van der Waals surface area contributed by atoms with Gasteiger partial charge in [-0.1, -0.05) is 17.3 Å². The number of rotatable bonds is 2. The van der Waals surface area contributed by atoms with Crippen molar-refractivity contribution in [3.8, 4) is 16.9 Å². The summed E-state index contributed by atoms with van der Waals surface area (Å²) in [6, 6.07) is 6.34. The quantitative estimate of drug-likeness (QED) is 0.674. The summed E-state index contributed by atoms with van der Waals surface area (Å²) in [5, 5.41) is 11.4. The van der Waals surface area contributed by atoms with Crippen LogP contribution in [0, 0.1) is 0 Å². The summed E-state index contributed by atoms with van der Waals surface area (Å²) in [5.74, 6) is 0. The van der Waals surface area contributed by atoms with Gasteiger partial charge < -0.3 is 0 Å². The summed E-state index contributed by atoms with van der Waals surface area (Å²) in [4.78, 5) is 0. The monoisotopic (exact) mass is 303 g/mol. The fourth-order valence-corrected chi connectivity index (χ4v) is 2.09. The van der Waals surface area contributed by atoms with Gasteiger partial charge in [0.05, 0.1) is 11.9 Å². The molecule has 2 radical (unpaired) electrons. The number of alkyl halides is 3. The Balaban J connectivity index is 2.01. The van der Waals surface area contributed by atoms with Crippen molar-refractivity contribution in [3.63, 3.8) is 0 Å². The van der Waals surface area contributed by atoms with Crippen LogP contribution < -0.4 is 5.46 Å². The average Bonchev–Trinajstić information content (AvgIpc) is 3.04. The molecule has 0 bridgehead atoms. The molecule has 0 fully saturated rings. The Kier molecular flexibility index (Phi) is 3.27. The van der Waals surface area contributed by atoms with Crippen LogP contribution in [0.3, 0.4) is 0 Å². The second-order valence-electron chi connectivity index (χ2n) is 4.68. The van der Waals surface area contributed by atoms with Gasteiger partial charge in [0.25, 0.3) is 0 Å². The topological polar surface area (TPSA) is 48.5 Å². The molecular weight excluding hydrogens is 294 g/mol. The summed E-state index contributed by atoms with van der Waals surface area (Å²) >= 11 is 0. The van der Waals surface area contributed by atoms with Crippen LogP contribution >= 0.6 is 0 Å². The first kappa shape index (κ1) is 14.4. The Hall–Kier alpha value is -2.58. The molecule has 3 rings (SSSR count). The molecule has 9 heteroatoms. The van der Waals surface area contributed by atoms with Crippen LogP contribution in [0.5, 0.6) is 0 Å². The zero-order chi connectivity index (χ0) is 15.9. The van der Waals surface area contributed by atoms with E-state index in [9.17, 15) is 13.2 Å². The average molecular weight is 303 g/mol. The van der Waals surface area contributed by atoms with Crippen LogP contribution in [0.25, 0.3) is 16.9 Å². The van der Waals surface area contributed by atoms with Crippen molar-refractivity contribution in [3.05, 3.63) is 42.4 Å². The van der Waals surface area contributed by atoms with Crippen LogP contribution in [0.15, 0.2) is 36.7 Å². The highest BCUT2D eigenvalue weighted by Crippen LogP contribution is 2.29. The number of aryl methyl sites for hydroxylation is 1. The molecule has 0 spiro atoms. The van der Waals surface area contributed by atoms with Crippen LogP contribution in [0.2, 0.25) is 0 Å². The number of nitrogens with zero attached hydrogens (tertiary/aromatic N) is 5. The van der Waals surface area contributed by atoms with Gasteiger partial charge in [-0.2, -0.15) is 18.3 Å². The maximum absolute atomic E-state index is 13.0. The first-order valence-corrected chi connectivity index (χ1v) is 6.24. The molecule has 0 aliphatic carbocycles. The van der Waals surface area contributed by atoms with Crippen LogP contribution in [0.4, 0.5) is 13.2 Å². The van der Waals surface area contributed by atoms with E-state index in [0.717, 1.165) is 16.4 Å². The van der Waals surface area contributed by atoms with Crippen molar-refractivity contribution in [2.24, 2.45) is 7.05 Å². The van der Waals surface area contributed by atoms with Gasteiger partial charge in [0.2, 0.25) is 0 Å². The van der Waals surface area contributed by atoms with Gasteiger partial charge in [0.1, 0.15) is 19.2 Å². The van der Waals surface area contributed by atoms with Crippen molar-refractivity contribution in [2.45, 2.75) is 6.18 Å². The Labute approximate surface area is 124 Å². The minimum Gasteiger partial charge on any atom is -0.255 e. The molecule has 0 atom stereocenters. The highest BCUT2D eigenvalue weighted by atomic mass is 19.4. The van der Waals surface area contributed by atoms with Crippen LogP contribution in [-0.2, 0) is 13.2 Å². The van der Waals surface area contributed by atoms with E-state index in [1.54, 1.807) is 30.1 Å². The third-order valence-corrected chi connectivity index (χ3v) is 3.08. The third-order valence-electron chi connectivity index (χ3n) is 3.08. The minimum atomic E-state index is -4.58. The second kappa shape index (κ2) is 5.01. The zero-order valence-corrected chi connectivity index (χ0v) is 11.4. The van der Waals surface area contributed by atoms with Crippen molar-refractivity contribution in [1.29, 1.82) is 0 Å². The highest BCUT2D eigenvalue weighted by molar-refractivity contribution is 6.33. The Morgan fingerprint density at radius 3 is 2.36 bits per heavy atom. The summed E-state index contributed by atoms with van der Waals surface area (Å²) in [5.41, 5.74) is 0.234. The predicted octanol–water partition coefficient (Wildman–Crippen LogP) is 1.48. The Morgan fingerprint density at radius 2 is 1.82 bits per heavy atom. The molecule has 22 heavy (non-hydrogen) atoms. The van der Waals surface area contributed by atoms with Gasteiger partial charge in [-0.05, 0) is 17.6 Å². The molecule has 110 valence electrons. The second-order valence-corrected chi connectivity index (χ2v) is 4.68. The third kappa shape index (κ3) is 2.49. The molecule has 3 aromatic rings. The van der Waals surface area contributed by atoms with Crippen molar-refractivity contribution < 1.29 is 13.2 Å². The van der Waals surface area contributed by atoms with E-state index in [4.69, 9.17) is 7.85 Å². The maximum Gasteiger partial charge on any atom is 0.432 e. The molecular formula is C13H9BF3N5. The lowest BCUT2D eigenvalue weighted by Gasteiger charge is -2.12. The first-order valence-electron chi connectivity index (χ1n) is 6.24. The van der Waals surface area contributed by atoms with Gasteiger partial charge in [-0.25, -0.2) is 4.68 Å². The number of hydrogen-bond donors (Lipinski definition) is 0. The first-order chi connectivity index (χ1) is 10.4. The lowest BCUT2D eigenvalue weighted by molar-refractivity contribution is -0.141. The molecule has 0 aliphatic heterocycles. The molecule has 0 N–H and O–H groups in total. The SMILES string of the molecule is [B]c1cnn(-c2ccc(-c3cn(C)nn3)cc2)c1C(F)(F)F. The highest BCUT2D eigenvalue weighted by Gasteiger charge is 2.36. The van der Waals surface area contributed by atoms with E-state index in [-0.39, 0.29) is 5.69 Å². The molecule has 1 aromatic carbocycles. The molecule has 0 unspecified atom stereocenters. The summed E-state index contributed by atoms with van der Waals surface area (Å²) in [6.45, 7) is 0. The van der Waals surface area contributed by atoms with Gasteiger partial charge in [-0.15, -0.1) is 5.10 Å². The van der Waals surface area contributed by atoms with Crippen molar-refractivity contribution in [1.82, 2.24) is 24.8 Å². The smallest absolute Gasteiger partial charge is 0.255 e. The molecule has 0 saturated carbocycles. The molecule has 0 saturated heterocycles. The fraction of sp³-hybridized carbons (Fsp3) is 0.154. The molecule has 2 heterocycles. The van der Waals surface area contributed by atoms with E-state index in [1.165, 1.54) is 12.1 Å². The van der Waals surface area contributed by atoms with Gasteiger partial charge in [0, 0.05) is 18.8 Å². The summed E-state index contributed by atoms with van der Waals surface area (Å²) in [7, 11) is 7.09. The zero-order valence-electron chi connectivity index (χ0n) is 11.4.